The maximum absolute atomic E-state index is 11.8. The Morgan fingerprint density at radius 1 is 1.50 bits per heavy atom. The van der Waals surface area contributed by atoms with Crippen molar-refractivity contribution >= 4 is 17.5 Å². The molecule has 1 saturated carbocycles. The maximum atomic E-state index is 11.8. The lowest BCUT2D eigenvalue weighted by atomic mass is 9.82. The minimum absolute atomic E-state index is 0.191. The Morgan fingerprint density at radius 3 is 3.06 bits per heavy atom. The summed E-state index contributed by atoms with van der Waals surface area (Å²) < 4.78 is 0. The van der Waals surface area contributed by atoms with Crippen molar-refractivity contribution in [2.45, 2.75) is 32.6 Å². The molecule has 1 aliphatic carbocycles. The number of rotatable bonds is 3. The van der Waals surface area contributed by atoms with Gasteiger partial charge in [-0.2, -0.15) is 0 Å². The van der Waals surface area contributed by atoms with E-state index in [0.29, 0.717) is 5.92 Å². The number of hydrogen-bond acceptors (Lipinski definition) is 3. The van der Waals surface area contributed by atoms with Crippen molar-refractivity contribution in [2.24, 2.45) is 11.8 Å². The number of carbonyl (C=O) groups is 1. The summed E-state index contributed by atoms with van der Waals surface area (Å²) >= 11 is 5.70. The molecule has 0 bridgehead atoms. The molecular formula is C13H18ClN3O. The molecule has 1 N–H and O–H groups in total. The van der Waals surface area contributed by atoms with Crippen LogP contribution in [-0.2, 0) is 0 Å². The molecule has 0 aromatic carbocycles. The second kappa shape index (κ2) is 6.14. The minimum Gasteiger partial charge on any atom is -0.350 e. The second-order valence-corrected chi connectivity index (χ2v) is 5.46. The molecule has 1 fully saturated rings. The maximum Gasteiger partial charge on any atom is 0.271 e. The van der Waals surface area contributed by atoms with E-state index >= 15 is 0 Å². The van der Waals surface area contributed by atoms with Gasteiger partial charge in [-0.25, -0.2) is 4.98 Å². The first-order chi connectivity index (χ1) is 8.65. The number of aromatic nitrogens is 2. The van der Waals surface area contributed by atoms with E-state index < -0.39 is 0 Å². The van der Waals surface area contributed by atoms with Gasteiger partial charge in [-0.05, 0) is 24.7 Å². The average Bonchev–Trinajstić information content (AvgIpc) is 2.36. The predicted molar refractivity (Wildman–Crippen MR) is 70.5 cm³/mol. The highest BCUT2D eigenvalue weighted by molar-refractivity contribution is 6.29. The van der Waals surface area contributed by atoms with Crippen molar-refractivity contribution in [1.82, 2.24) is 15.3 Å². The molecule has 1 aromatic heterocycles. The molecular weight excluding hydrogens is 250 g/mol. The number of amides is 1. The Bertz CT molecular complexity index is 424. The number of hydrogen-bond donors (Lipinski definition) is 1. The van der Waals surface area contributed by atoms with Crippen LogP contribution in [0.5, 0.6) is 0 Å². The molecule has 0 spiro atoms. The molecule has 1 aromatic rings. The van der Waals surface area contributed by atoms with Crippen molar-refractivity contribution in [3.63, 3.8) is 0 Å². The van der Waals surface area contributed by atoms with Gasteiger partial charge >= 0.3 is 0 Å². The number of carbonyl (C=O) groups excluding carboxylic acids is 1. The van der Waals surface area contributed by atoms with E-state index in [-0.39, 0.29) is 16.8 Å². The quantitative estimate of drug-likeness (QED) is 0.916. The standard InChI is InChI=1S/C13H18ClN3O/c1-9-3-2-4-10(5-9)6-16-13(18)11-7-15-8-12(14)17-11/h7-10H,2-6H2,1H3,(H,16,18). The van der Waals surface area contributed by atoms with Crippen LogP contribution in [0.2, 0.25) is 5.15 Å². The van der Waals surface area contributed by atoms with Gasteiger partial charge in [0.1, 0.15) is 10.8 Å². The van der Waals surface area contributed by atoms with Crippen molar-refractivity contribution in [2.75, 3.05) is 6.54 Å². The third kappa shape index (κ3) is 3.67. The van der Waals surface area contributed by atoms with Crippen LogP contribution in [0.4, 0.5) is 0 Å². The first kappa shape index (κ1) is 13.3. The first-order valence-corrected chi connectivity index (χ1v) is 6.78. The summed E-state index contributed by atoms with van der Waals surface area (Å²) in [5.74, 6) is 1.17. The van der Waals surface area contributed by atoms with Gasteiger partial charge in [-0.3, -0.25) is 9.78 Å². The molecule has 2 unspecified atom stereocenters. The summed E-state index contributed by atoms with van der Waals surface area (Å²) in [5, 5.41) is 3.16. The molecule has 0 saturated heterocycles. The van der Waals surface area contributed by atoms with Crippen LogP contribution in [0.25, 0.3) is 0 Å². The molecule has 4 nitrogen and oxygen atoms in total. The average molecular weight is 268 g/mol. The molecule has 5 heteroatoms. The normalized spacial score (nSPS) is 23.7. The Hall–Kier alpha value is -1.16. The van der Waals surface area contributed by atoms with E-state index in [1.807, 2.05) is 0 Å². The van der Waals surface area contributed by atoms with Crippen LogP contribution in [0.1, 0.15) is 43.1 Å². The fourth-order valence-corrected chi connectivity index (χ4v) is 2.67. The molecule has 2 atom stereocenters. The number of nitrogens with zero attached hydrogens (tertiary/aromatic N) is 2. The van der Waals surface area contributed by atoms with Crippen molar-refractivity contribution < 1.29 is 4.79 Å². The summed E-state index contributed by atoms with van der Waals surface area (Å²) in [5.41, 5.74) is 0.284. The molecule has 0 aliphatic heterocycles. The molecule has 2 rings (SSSR count). The zero-order valence-electron chi connectivity index (χ0n) is 10.5. The van der Waals surface area contributed by atoms with Crippen LogP contribution in [0.15, 0.2) is 12.4 Å². The predicted octanol–water partition coefficient (Wildman–Crippen LogP) is 2.69. The summed E-state index contributed by atoms with van der Waals surface area (Å²) in [4.78, 5) is 19.6. The van der Waals surface area contributed by atoms with Crippen LogP contribution in [0, 0.1) is 11.8 Å². The molecule has 98 valence electrons. The van der Waals surface area contributed by atoms with Crippen molar-refractivity contribution in [3.05, 3.63) is 23.2 Å². The lowest BCUT2D eigenvalue weighted by Crippen LogP contribution is -2.32. The van der Waals surface area contributed by atoms with Gasteiger partial charge in [-0.15, -0.1) is 0 Å². The van der Waals surface area contributed by atoms with Gasteiger partial charge < -0.3 is 5.32 Å². The van der Waals surface area contributed by atoms with Gasteiger partial charge in [0.15, 0.2) is 0 Å². The lowest BCUT2D eigenvalue weighted by Gasteiger charge is -2.26. The van der Waals surface area contributed by atoms with Gasteiger partial charge in [0.05, 0.1) is 12.4 Å². The molecule has 1 amide bonds. The van der Waals surface area contributed by atoms with Crippen molar-refractivity contribution in [1.29, 1.82) is 0 Å². The molecule has 1 aliphatic rings. The van der Waals surface area contributed by atoms with Gasteiger partial charge in [0, 0.05) is 6.54 Å². The van der Waals surface area contributed by atoms with Crippen LogP contribution in [-0.4, -0.2) is 22.4 Å². The van der Waals surface area contributed by atoms with Crippen LogP contribution >= 0.6 is 11.6 Å². The van der Waals surface area contributed by atoms with Crippen LogP contribution in [0.3, 0.4) is 0 Å². The largest absolute Gasteiger partial charge is 0.350 e. The van der Waals surface area contributed by atoms with E-state index in [1.54, 1.807) is 0 Å². The van der Waals surface area contributed by atoms with Gasteiger partial charge in [0.2, 0.25) is 0 Å². The zero-order chi connectivity index (χ0) is 13.0. The second-order valence-electron chi connectivity index (χ2n) is 5.07. The third-order valence-electron chi connectivity index (χ3n) is 3.43. The van der Waals surface area contributed by atoms with Gasteiger partial charge in [-0.1, -0.05) is 31.4 Å². The van der Waals surface area contributed by atoms with Crippen LogP contribution < -0.4 is 5.32 Å². The highest BCUT2D eigenvalue weighted by Gasteiger charge is 2.19. The monoisotopic (exact) mass is 267 g/mol. The Morgan fingerprint density at radius 2 is 2.33 bits per heavy atom. The topological polar surface area (TPSA) is 54.9 Å². The molecule has 18 heavy (non-hydrogen) atoms. The molecule has 1 heterocycles. The lowest BCUT2D eigenvalue weighted by molar-refractivity contribution is 0.0935. The Kier molecular flexibility index (Phi) is 4.53. The Labute approximate surface area is 112 Å². The fraction of sp³-hybridized carbons (Fsp3) is 0.615. The van der Waals surface area contributed by atoms with Crippen molar-refractivity contribution in [3.8, 4) is 0 Å². The summed E-state index contributed by atoms with van der Waals surface area (Å²) in [6.07, 6.45) is 7.82. The number of nitrogens with one attached hydrogen (secondary N) is 1. The van der Waals surface area contributed by atoms with E-state index in [0.717, 1.165) is 12.5 Å². The molecule has 0 radical (unpaired) electrons. The number of halogens is 1. The summed E-state index contributed by atoms with van der Waals surface area (Å²) in [6.45, 7) is 2.99. The smallest absolute Gasteiger partial charge is 0.271 e. The third-order valence-corrected chi connectivity index (χ3v) is 3.62. The Balaban J connectivity index is 1.84. The zero-order valence-corrected chi connectivity index (χ0v) is 11.3. The van der Waals surface area contributed by atoms with Gasteiger partial charge in [0.25, 0.3) is 5.91 Å². The summed E-state index contributed by atoms with van der Waals surface area (Å²) in [7, 11) is 0. The minimum atomic E-state index is -0.191. The summed E-state index contributed by atoms with van der Waals surface area (Å²) in [6, 6.07) is 0. The van der Waals surface area contributed by atoms with E-state index in [9.17, 15) is 4.79 Å². The first-order valence-electron chi connectivity index (χ1n) is 6.41. The highest BCUT2D eigenvalue weighted by atomic mass is 35.5. The SMILES string of the molecule is CC1CCCC(CNC(=O)c2cncc(Cl)n2)C1. The van der Waals surface area contributed by atoms with E-state index in [2.05, 4.69) is 22.2 Å². The van der Waals surface area contributed by atoms with E-state index in [1.165, 1.54) is 38.1 Å². The fourth-order valence-electron chi connectivity index (χ4n) is 2.52. The highest BCUT2D eigenvalue weighted by Crippen LogP contribution is 2.27. The van der Waals surface area contributed by atoms with E-state index in [4.69, 9.17) is 11.6 Å².